The molecule has 1 fully saturated rings. The minimum atomic E-state index is -0.398. The molecule has 0 spiro atoms. The Balaban J connectivity index is 1.97. The molecule has 0 bridgehead atoms. The molecule has 0 saturated carbocycles. The molecule has 1 heterocycles. The first-order chi connectivity index (χ1) is 8.74. The van der Waals surface area contributed by atoms with Crippen LogP contribution in [0.2, 0.25) is 0 Å². The van der Waals surface area contributed by atoms with Crippen LogP contribution in [0.25, 0.3) is 0 Å². The summed E-state index contributed by atoms with van der Waals surface area (Å²) in [5.74, 6) is -1.12. The van der Waals surface area contributed by atoms with E-state index in [1.807, 2.05) is 12.2 Å². The quantitative estimate of drug-likeness (QED) is 0.271. The molecule has 0 amide bonds. The molecule has 3 nitrogen and oxygen atoms in total. The monoisotopic (exact) mass is 252 g/mol. The highest BCUT2D eigenvalue weighted by molar-refractivity contribution is 5.95. The molecule has 18 heavy (non-hydrogen) atoms. The molecular weight excluding hydrogens is 228 g/mol. The second-order valence-electron chi connectivity index (χ2n) is 4.94. The van der Waals surface area contributed by atoms with Gasteiger partial charge in [-0.1, -0.05) is 57.6 Å². The van der Waals surface area contributed by atoms with Crippen LogP contribution < -0.4 is 0 Å². The van der Waals surface area contributed by atoms with Gasteiger partial charge >= 0.3 is 11.9 Å². The van der Waals surface area contributed by atoms with Crippen molar-refractivity contribution in [2.45, 2.75) is 64.7 Å². The number of allylic oxidation sites excluding steroid dienone is 1. The average molecular weight is 252 g/mol. The van der Waals surface area contributed by atoms with Gasteiger partial charge in [0.15, 0.2) is 0 Å². The zero-order valence-corrected chi connectivity index (χ0v) is 11.3. The number of unbranched alkanes of at least 4 members (excludes halogenated alkanes) is 7. The molecule has 0 N–H and O–H groups in total. The molecular formula is C15H24O3. The lowest BCUT2D eigenvalue weighted by molar-refractivity contribution is -0.152. The lowest BCUT2D eigenvalue weighted by Gasteiger charge is -1.99. The number of hydrogen-bond donors (Lipinski definition) is 0. The average Bonchev–Trinajstić information content (AvgIpc) is 2.66. The highest BCUT2D eigenvalue weighted by Gasteiger charge is 2.30. The van der Waals surface area contributed by atoms with Crippen molar-refractivity contribution < 1.29 is 14.3 Å². The summed E-state index contributed by atoms with van der Waals surface area (Å²) in [7, 11) is 0. The smallest absolute Gasteiger partial charge is 0.321 e. The van der Waals surface area contributed by atoms with Gasteiger partial charge in [0.2, 0.25) is 0 Å². The van der Waals surface area contributed by atoms with Gasteiger partial charge in [-0.2, -0.15) is 0 Å². The Morgan fingerprint density at radius 2 is 1.78 bits per heavy atom. The van der Waals surface area contributed by atoms with Gasteiger partial charge in [-0.15, -0.1) is 0 Å². The normalized spacial score (nSPS) is 19.7. The number of ether oxygens (including phenoxy) is 1. The first-order valence-corrected chi connectivity index (χ1v) is 7.15. The topological polar surface area (TPSA) is 43.4 Å². The number of carbonyl (C=O) groups is 2. The maximum absolute atomic E-state index is 11.2. The van der Waals surface area contributed by atoms with E-state index >= 15 is 0 Å². The number of esters is 2. The molecule has 3 heteroatoms. The Labute approximate surface area is 110 Å². The number of rotatable bonds is 9. The zero-order valence-electron chi connectivity index (χ0n) is 11.3. The molecule has 1 aliphatic rings. The third-order valence-corrected chi connectivity index (χ3v) is 3.25. The minimum absolute atomic E-state index is 0.215. The number of cyclic esters (lactones) is 2. The Kier molecular flexibility index (Phi) is 7.38. The van der Waals surface area contributed by atoms with Crippen LogP contribution in [0.15, 0.2) is 12.2 Å². The van der Waals surface area contributed by atoms with E-state index in [0.717, 1.165) is 6.42 Å². The highest BCUT2D eigenvalue weighted by Crippen LogP contribution is 2.17. The van der Waals surface area contributed by atoms with Crippen LogP contribution in [0.5, 0.6) is 0 Å². The fourth-order valence-corrected chi connectivity index (χ4v) is 2.12. The van der Waals surface area contributed by atoms with Crippen LogP contribution >= 0.6 is 0 Å². The Hall–Kier alpha value is -1.12. The van der Waals surface area contributed by atoms with Crippen molar-refractivity contribution in [2.24, 2.45) is 5.92 Å². The summed E-state index contributed by atoms with van der Waals surface area (Å²) in [4.78, 5) is 22.0. The van der Waals surface area contributed by atoms with E-state index in [9.17, 15) is 9.59 Å². The summed E-state index contributed by atoms with van der Waals surface area (Å²) in [6.45, 7) is 2.23. The van der Waals surface area contributed by atoms with E-state index in [1.165, 1.54) is 44.9 Å². The predicted molar refractivity (Wildman–Crippen MR) is 71.0 cm³/mol. The fraction of sp³-hybridized carbons (Fsp3) is 0.733. The summed E-state index contributed by atoms with van der Waals surface area (Å²) in [5, 5.41) is 0. The van der Waals surface area contributed by atoms with Gasteiger partial charge in [0.25, 0.3) is 0 Å². The standard InChI is InChI=1S/C15H24O3/c1-2-3-4-5-6-7-8-9-10-11-13-12-14(16)18-15(13)17/h10-11,13H,2-9,12H2,1H3/b11-10-. The largest absolute Gasteiger partial charge is 0.393 e. The van der Waals surface area contributed by atoms with Gasteiger partial charge in [0.1, 0.15) is 0 Å². The maximum Gasteiger partial charge on any atom is 0.321 e. The van der Waals surface area contributed by atoms with Crippen LogP contribution in [0.4, 0.5) is 0 Å². The van der Waals surface area contributed by atoms with Crippen molar-refractivity contribution in [3.63, 3.8) is 0 Å². The van der Waals surface area contributed by atoms with E-state index in [2.05, 4.69) is 11.7 Å². The summed E-state index contributed by atoms with van der Waals surface area (Å²) in [5.41, 5.74) is 0. The molecule has 102 valence electrons. The minimum Gasteiger partial charge on any atom is -0.393 e. The maximum atomic E-state index is 11.2. The number of hydrogen-bond acceptors (Lipinski definition) is 3. The summed E-state index contributed by atoms with van der Waals surface area (Å²) >= 11 is 0. The second-order valence-corrected chi connectivity index (χ2v) is 4.94. The van der Waals surface area contributed by atoms with E-state index in [0.29, 0.717) is 0 Å². The highest BCUT2D eigenvalue weighted by atomic mass is 16.6. The van der Waals surface area contributed by atoms with Crippen LogP contribution in [0.1, 0.15) is 64.7 Å². The lowest BCUT2D eigenvalue weighted by Crippen LogP contribution is -2.03. The summed E-state index contributed by atoms with van der Waals surface area (Å²) in [6.07, 6.45) is 14.1. The molecule has 0 aromatic rings. The van der Waals surface area contributed by atoms with Gasteiger partial charge in [0.05, 0.1) is 12.3 Å². The molecule has 0 aromatic carbocycles. The van der Waals surface area contributed by atoms with Crippen molar-refractivity contribution in [1.82, 2.24) is 0 Å². The molecule has 0 aromatic heterocycles. The molecule has 0 aliphatic carbocycles. The molecule has 1 rings (SSSR count). The summed E-state index contributed by atoms with van der Waals surface area (Å²) < 4.78 is 4.48. The van der Waals surface area contributed by atoms with Crippen molar-refractivity contribution in [3.8, 4) is 0 Å². The van der Waals surface area contributed by atoms with E-state index in [1.54, 1.807) is 0 Å². The Bertz CT molecular complexity index is 294. The number of carbonyl (C=O) groups excluding carboxylic acids is 2. The van der Waals surface area contributed by atoms with Crippen LogP contribution in [0.3, 0.4) is 0 Å². The van der Waals surface area contributed by atoms with E-state index in [4.69, 9.17) is 0 Å². The Morgan fingerprint density at radius 3 is 2.39 bits per heavy atom. The van der Waals surface area contributed by atoms with Gasteiger partial charge in [0, 0.05) is 0 Å². The van der Waals surface area contributed by atoms with Crippen molar-refractivity contribution in [1.29, 1.82) is 0 Å². The SMILES string of the molecule is CCCCCCCCC/C=C\C1CC(=O)OC1=O. The molecule has 0 radical (unpaired) electrons. The van der Waals surface area contributed by atoms with Crippen molar-refractivity contribution in [2.75, 3.05) is 0 Å². The molecule has 1 unspecified atom stereocenters. The molecule has 1 aliphatic heterocycles. The second kappa shape index (κ2) is 8.90. The first-order valence-electron chi connectivity index (χ1n) is 7.15. The van der Waals surface area contributed by atoms with Gasteiger partial charge in [-0.3, -0.25) is 9.59 Å². The van der Waals surface area contributed by atoms with Crippen molar-refractivity contribution >= 4 is 11.9 Å². The van der Waals surface area contributed by atoms with Crippen LogP contribution in [-0.4, -0.2) is 11.9 Å². The third kappa shape index (κ3) is 5.99. The van der Waals surface area contributed by atoms with Crippen LogP contribution in [-0.2, 0) is 14.3 Å². The summed E-state index contributed by atoms with van der Waals surface area (Å²) in [6, 6.07) is 0. The fourth-order valence-electron chi connectivity index (χ4n) is 2.12. The van der Waals surface area contributed by atoms with Gasteiger partial charge in [-0.05, 0) is 12.8 Å². The van der Waals surface area contributed by atoms with E-state index in [-0.39, 0.29) is 12.3 Å². The predicted octanol–water partition coefficient (Wildman–Crippen LogP) is 3.77. The van der Waals surface area contributed by atoms with Gasteiger partial charge in [-0.25, -0.2) is 0 Å². The molecule has 1 saturated heterocycles. The zero-order chi connectivity index (χ0) is 13.2. The lowest BCUT2D eigenvalue weighted by atomic mass is 10.1. The first kappa shape index (κ1) is 14.9. The van der Waals surface area contributed by atoms with Gasteiger partial charge < -0.3 is 4.74 Å². The Morgan fingerprint density at radius 1 is 1.11 bits per heavy atom. The van der Waals surface area contributed by atoms with E-state index < -0.39 is 11.9 Å². The molecule has 1 atom stereocenters. The third-order valence-electron chi connectivity index (χ3n) is 3.25. The van der Waals surface area contributed by atoms with Crippen molar-refractivity contribution in [3.05, 3.63) is 12.2 Å². The van der Waals surface area contributed by atoms with Crippen LogP contribution in [0, 0.1) is 5.92 Å².